The number of hydrogen-bond donors (Lipinski definition) is 1. The summed E-state index contributed by atoms with van der Waals surface area (Å²) in [4.78, 5) is 0.856. The average Bonchev–Trinajstić information content (AvgIpc) is 2.81. The van der Waals surface area contributed by atoms with Gasteiger partial charge in [-0.1, -0.05) is 13.8 Å². The summed E-state index contributed by atoms with van der Waals surface area (Å²) in [5.41, 5.74) is 0.913. The zero-order valence-electron chi connectivity index (χ0n) is 10.2. The SMILES string of the molecule is CC(C)Cn1cc(-c2ccc(S(N)(=O)=O)s2)cn1. The first kappa shape index (κ1) is 13.3. The van der Waals surface area contributed by atoms with Crippen LogP contribution in [0.3, 0.4) is 0 Å². The number of thiophene rings is 1. The highest BCUT2D eigenvalue weighted by Crippen LogP contribution is 2.29. The molecule has 2 N–H and O–H groups in total. The summed E-state index contributed by atoms with van der Waals surface area (Å²) in [7, 11) is -3.61. The fraction of sp³-hybridized carbons (Fsp3) is 0.364. The second-order valence-corrected chi connectivity index (χ2v) is 7.38. The molecule has 0 amide bonds. The van der Waals surface area contributed by atoms with Crippen molar-refractivity contribution in [3.05, 3.63) is 24.5 Å². The minimum atomic E-state index is -3.61. The number of nitrogens with zero attached hydrogens (tertiary/aromatic N) is 2. The molecule has 2 rings (SSSR count). The molecule has 0 radical (unpaired) electrons. The van der Waals surface area contributed by atoms with Crippen LogP contribution in [0.2, 0.25) is 0 Å². The Morgan fingerprint density at radius 2 is 2.17 bits per heavy atom. The predicted octanol–water partition coefficient (Wildman–Crippen LogP) is 1.92. The third kappa shape index (κ3) is 2.98. The van der Waals surface area contributed by atoms with Crippen LogP contribution in [0.15, 0.2) is 28.7 Å². The lowest BCUT2D eigenvalue weighted by Gasteiger charge is -2.03. The molecule has 0 bridgehead atoms. The number of aromatic nitrogens is 2. The molecule has 5 nitrogen and oxygen atoms in total. The van der Waals surface area contributed by atoms with E-state index in [4.69, 9.17) is 5.14 Å². The van der Waals surface area contributed by atoms with E-state index < -0.39 is 10.0 Å². The maximum atomic E-state index is 11.2. The third-order valence-corrected chi connectivity index (χ3v) is 4.90. The van der Waals surface area contributed by atoms with E-state index in [1.807, 2.05) is 10.9 Å². The van der Waals surface area contributed by atoms with Gasteiger partial charge in [-0.2, -0.15) is 5.10 Å². The zero-order chi connectivity index (χ0) is 13.3. The van der Waals surface area contributed by atoms with Crippen molar-refractivity contribution in [3.63, 3.8) is 0 Å². The molecule has 0 aliphatic heterocycles. The van der Waals surface area contributed by atoms with Crippen molar-refractivity contribution in [2.45, 2.75) is 24.6 Å². The largest absolute Gasteiger partial charge is 0.272 e. The highest BCUT2D eigenvalue weighted by molar-refractivity contribution is 7.91. The van der Waals surface area contributed by atoms with Crippen LogP contribution in [0, 0.1) is 5.92 Å². The van der Waals surface area contributed by atoms with E-state index in [2.05, 4.69) is 18.9 Å². The van der Waals surface area contributed by atoms with E-state index in [1.54, 1.807) is 12.3 Å². The maximum Gasteiger partial charge on any atom is 0.247 e. The molecular formula is C11H15N3O2S2. The molecular weight excluding hydrogens is 270 g/mol. The summed E-state index contributed by atoms with van der Waals surface area (Å²) in [6.07, 6.45) is 3.65. The van der Waals surface area contributed by atoms with Crippen LogP contribution in [0.4, 0.5) is 0 Å². The van der Waals surface area contributed by atoms with Gasteiger partial charge in [0.15, 0.2) is 0 Å². The van der Waals surface area contributed by atoms with Gasteiger partial charge in [0.1, 0.15) is 4.21 Å². The molecule has 98 valence electrons. The molecule has 0 fully saturated rings. The number of rotatable bonds is 4. The molecule has 0 aliphatic rings. The van der Waals surface area contributed by atoms with Crippen LogP contribution >= 0.6 is 11.3 Å². The maximum absolute atomic E-state index is 11.2. The molecule has 2 heterocycles. The van der Waals surface area contributed by atoms with Crippen molar-refractivity contribution in [3.8, 4) is 10.4 Å². The van der Waals surface area contributed by atoms with Gasteiger partial charge in [0.05, 0.1) is 6.20 Å². The van der Waals surface area contributed by atoms with E-state index in [0.29, 0.717) is 5.92 Å². The van der Waals surface area contributed by atoms with Crippen molar-refractivity contribution in [1.29, 1.82) is 0 Å². The number of sulfonamides is 1. The summed E-state index contributed by atoms with van der Waals surface area (Å²) in [6.45, 7) is 5.07. The van der Waals surface area contributed by atoms with Gasteiger partial charge in [-0.3, -0.25) is 4.68 Å². The molecule has 18 heavy (non-hydrogen) atoms. The predicted molar refractivity (Wildman–Crippen MR) is 71.8 cm³/mol. The number of primary sulfonamides is 1. The molecule has 0 saturated carbocycles. The highest BCUT2D eigenvalue weighted by Gasteiger charge is 2.13. The summed E-state index contributed by atoms with van der Waals surface area (Å²) in [5.74, 6) is 0.515. The lowest BCUT2D eigenvalue weighted by Crippen LogP contribution is -2.09. The lowest BCUT2D eigenvalue weighted by atomic mass is 10.2. The standard InChI is InChI=1S/C11H15N3O2S2/c1-8(2)6-14-7-9(5-13-14)10-3-4-11(17-10)18(12,15)16/h3-5,7-8H,6H2,1-2H3,(H2,12,15,16). The lowest BCUT2D eigenvalue weighted by molar-refractivity contribution is 0.483. The second kappa shape index (κ2) is 4.83. The van der Waals surface area contributed by atoms with Crippen molar-refractivity contribution in [2.75, 3.05) is 0 Å². The van der Waals surface area contributed by atoms with E-state index >= 15 is 0 Å². The summed E-state index contributed by atoms with van der Waals surface area (Å²) in [6, 6.07) is 3.27. The van der Waals surface area contributed by atoms with Crippen LogP contribution in [0.25, 0.3) is 10.4 Å². The Morgan fingerprint density at radius 1 is 1.44 bits per heavy atom. The van der Waals surface area contributed by atoms with Gasteiger partial charge in [0.25, 0.3) is 0 Å². The van der Waals surface area contributed by atoms with Crippen LogP contribution < -0.4 is 5.14 Å². The summed E-state index contributed by atoms with van der Waals surface area (Å²) in [5, 5.41) is 9.33. The first-order valence-electron chi connectivity index (χ1n) is 5.52. The van der Waals surface area contributed by atoms with Gasteiger partial charge in [0.2, 0.25) is 10.0 Å². The van der Waals surface area contributed by atoms with Crippen LogP contribution in [-0.2, 0) is 16.6 Å². The molecule has 7 heteroatoms. The van der Waals surface area contributed by atoms with E-state index in [-0.39, 0.29) is 4.21 Å². The van der Waals surface area contributed by atoms with Crippen molar-refractivity contribution >= 4 is 21.4 Å². The molecule has 0 atom stereocenters. The van der Waals surface area contributed by atoms with Crippen LogP contribution in [0.5, 0.6) is 0 Å². The normalized spacial score (nSPS) is 12.2. The van der Waals surface area contributed by atoms with Gasteiger partial charge < -0.3 is 0 Å². The Labute approximate surface area is 110 Å². The monoisotopic (exact) mass is 285 g/mol. The Kier molecular flexibility index (Phi) is 3.56. The third-order valence-electron chi connectivity index (χ3n) is 2.33. The molecule has 0 spiro atoms. The first-order valence-corrected chi connectivity index (χ1v) is 7.88. The minimum absolute atomic E-state index is 0.175. The van der Waals surface area contributed by atoms with Crippen molar-refractivity contribution < 1.29 is 8.42 Å². The van der Waals surface area contributed by atoms with Gasteiger partial charge >= 0.3 is 0 Å². The Balaban J connectivity index is 2.27. The summed E-state index contributed by atoms with van der Waals surface area (Å²) < 4.78 is 24.4. The van der Waals surface area contributed by atoms with E-state index in [1.165, 1.54) is 6.07 Å². The van der Waals surface area contributed by atoms with E-state index in [0.717, 1.165) is 28.3 Å². The molecule has 0 unspecified atom stereocenters. The molecule has 0 aromatic carbocycles. The highest BCUT2D eigenvalue weighted by atomic mass is 32.2. The summed E-state index contributed by atoms with van der Waals surface area (Å²) >= 11 is 1.16. The van der Waals surface area contributed by atoms with Gasteiger partial charge in [0, 0.05) is 23.2 Å². The van der Waals surface area contributed by atoms with Gasteiger partial charge in [-0.25, -0.2) is 13.6 Å². The van der Waals surface area contributed by atoms with Crippen LogP contribution in [0.1, 0.15) is 13.8 Å². The number of hydrogen-bond acceptors (Lipinski definition) is 4. The molecule has 2 aromatic rings. The van der Waals surface area contributed by atoms with Crippen molar-refractivity contribution in [1.82, 2.24) is 9.78 Å². The molecule has 0 saturated heterocycles. The smallest absolute Gasteiger partial charge is 0.247 e. The topological polar surface area (TPSA) is 78.0 Å². The Hall–Kier alpha value is -1.18. The van der Waals surface area contributed by atoms with Crippen molar-refractivity contribution in [2.24, 2.45) is 11.1 Å². The number of nitrogens with two attached hydrogens (primary N) is 1. The Bertz CT molecular complexity index is 641. The van der Waals surface area contributed by atoms with Gasteiger partial charge in [-0.05, 0) is 18.1 Å². The zero-order valence-corrected chi connectivity index (χ0v) is 11.8. The van der Waals surface area contributed by atoms with Crippen LogP contribution in [-0.4, -0.2) is 18.2 Å². The van der Waals surface area contributed by atoms with Gasteiger partial charge in [-0.15, -0.1) is 11.3 Å². The fourth-order valence-electron chi connectivity index (χ4n) is 1.59. The average molecular weight is 285 g/mol. The Morgan fingerprint density at radius 3 is 2.72 bits per heavy atom. The second-order valence-electron chi connectivity index (χ2n) is 4.51. The molecule has 0 aliphatic carbocycles. The van der Waals surface area contributed by atoms with E-state index in [9.17, 15) is 8.42 Å². The fourth-order valence-corrected chi connectivity index (χ4v) is 3.30. The first-order chi connectivity index (χ1) is 8.36. The molecule has 2 aromatic heterocycles. The minimum Gasteiger partial charge on any atom is -0.272 e. The quantitative estimate of drug-likeness (QED) is 0.932.